The summed E-state index contributed by atoms with van der Waals surface area (Å²) in [5.41, 5.74) is 1.70. The maximum absolute atomic E-state index is 12.0. The molecule has 1 amide bonds. The third-order valence-corrected chi connectivity index (χ3v) is 3.19. The molecule has 0 spiro atoms. The molecule has 0 aliphatic heterocycles. The van der Waals surface area contributed by atoms with Crippen LogP contribution in [0.25, 0.3) is 0 Å². The van der Waals surface area contributed by atoms with Crippen molar-refractivity contribution < 1.29 is 4.79 Å². The van der Waals surface area contributed by atoms with E-state index in [9.17, 15) is 4.79 Å². The number of hydrogen-bond donors (Lipinski definition) is 1. The van der Waals surface area contributed by atoms with Crippen LogP contribution in [0.4, 0.5) is 0 Å². The van der Waals surface area contributed by atoms with Crippen molar-refractivity contribution >= 4 is 21.8 Å². The van der Waals surface area contributed by atoms with Gasteiger partial charge in [-0.2, -0.15) is 5.26 Å². The van der Waals surface area contributed by atoms with E-state index in [4.69, 9.17) is 5.26 Å². The fraction of sp³-hybridized carbons (Fsp3) is 0.385. The maximum atomic E-state index is 12.0. The van der Waals surface area contributed by atoms with Gasteiger partial charge in [-0.3, -0.25) is 4.79 Å². The van der Waals surface area contributed by atoms with Crippen LogP contribution in [0.1, 0.15) is 35.7 Å². The zero-order valence-electron chi connectivity index (χ0n) is 9.96. The summed E-state index contributed by atoms with van der Waals surface area (Å²) in [5, 5.41) is 11.5. The molecule has 0 fully saturated rings. The molecule has 0 bridgehead atoms. The molecule has 1 unspecified atom stereocenters. The Balaban J connectivity index is 2.79. The topological polar surface area (TPSA) is 52.9 Å². The van der Waals surface area contributed by atoms with Gasteiger partial charge >= 0.3 is 0 Å². The van der Waals surface area contributed by atoms with E-state index >= 15 is 0 Å². The molecule has 0 radical (unpaired) electrons. The molecule has 90 valence electrons. The molecule has 0 saturated carbocycles. The number of nitrogens with one attached hydrogen (secondary N) is 1. The lowest BCUT2D eigenvalue weighted by Crippen LogP contribution is -2.34. The second-order valence-electron chi connectivity index (χ2n) is 3.92. The number of benzene rings is 1. The van der Waals surface area contributed by atoms with Gasteiger partial charge in [0.15, 0.2) is 0 Å². The number of hydrogen-bond acceptors (Lipinski definition) is 2. The summed E-state index contributed by atoms with van der Waals surface area (Å²) >= 11 is 3.37. The van der Waals surface area contributed by atoms with E-state index in [1.165, 1.54) is 0 Å². The monoisotopic (exact) mass is 294 g/mol. The molecule has 0 aliphatic carbocycles. The maximum Gasteiger partial charge on any atom is 0.252 e. The third kappa shape index (κ3) is 3.86. The molecule has 0 aromatic heterocycles. The summed E-state index contributed by atoms with van der Waals surface area (Å²) in [7, 11) is 0. The zero-order valence-corrected chi connectivity index (χ0v) is 11.5. The number of carbonyl (C=O) groups is 1. The van der Waals surface area contributed by atoms with E-state index in [0.29, 0.717) is 12.0 Å². The average Bonchev–Trinajstić information content (AvgIpc) is 2.28. The Morgan fingerprint density at radius 1 is 1.59 bits per heavy atom. The highest BCUT2D eigenvalue weighted by atomic mass is 79.9. The zero-order chi connectivity index (χ0) is 12.8. The fourth-order valence-corrected chi connectivity index (χ4v) is 2.15. The Labute approximate surface area is 110 Å². The van der Waals surface area contributed by atoms with E-state index in [2.05, 4.69) is 27.3 Å². The molecular formula is C13H15BrN2O. The number of halogens is 1. The smallest absolute Gasteiger partial charge is 0.252 e. The van der Waals surface area contributed by atoms with E-state index in [1.807, 2.05) is 26.0 Å². The number of nitrogens with zero attached hydrogens (tertiary/aromatic N) is 1. The van der Waals surface area contributed by atoms with E-state index in [0.717, 1.165) is 16.5 Å². The minimum atomic E-state index is -0.140. The van der Waals surface area contributed by atoms with Gasteiger partial charge in [-0.15, -0.1) is 0 Å². The molecule has 4 heteroatoms. The first-order chi connectivity index (χ1) is 8.08. The first-order valence-electron chi connectivity index (χ1n) is 5.52. The molecule has 1 aromatic rings. The summed E-state index contributed by atoms with van der Waals surface area (Å²) in [6.45, 7) is 3.92. The number of amides is 1. The van der Waals surface area contributed by atoms with Crippen molar-refractivity contribution in [2.45, 2.75) is 32.7 Å². The van der Waals surface area contributed by atoms with Gasteiger partial charge in [-0.1, -0.05) is 13.0 Å². The Morgan fingerprint density at radius 2 is 2.29 bits per heavy atom. The largest absolute Gasteiger partial charge is 0.348 e. The summed E-state index contributed by atoms with van der Waals surface area (Å²) in [5.74, 6) is -0.140. The Hall–Kier alpha value is -1.34. The molecule has 1 rings (SSSR count). The molecule has 0 aliphatic rings. The normalized spacial score (nSPS) is 11.6. The van der Waals surface area contributed by atoms with Crippen LogP contribution in [0.2, 0.25) is 0 Å². The highest BCUT2D eigenvalue weighted by Crippen LogP contribution is 2.18. The predicted molar refractivity (Wildman–Crippen MR) is 70.7 cm³/mol. The SMILES string of the molecule is CCC(CC#N)NC(=O)c1ccc(C)cc1Br. The standard InChI is InChI=1S/C13H15BrN2O/c1-3-10(6-7-15)16-13(17)11-5-4-9(2)8-12(11)14/h4-5,8,10H,3,6H2,1-2H3,(H,16,17). The van der Waals surface area contributed by atoms with Gasteiger partial charge in [0.1, 0.15) is 0 Å². The predicted octanol–water partition coefficient (Wildman–Crippen LogP) is 3.18. The molecule has 1 N–H and O–H groups in total. The quantitative estimate of drug-likeness (QED) is 0.927. The average molecular weight is 295 g/mol. The van der Waals surface area contributed by atoms with Gasteiger partial charge in [0, 0.05) is 10.5 Å². The van der Waals surface area contributed by atoms with Crippen LogP contribution in [0.5, 0.6) is 0 Å². The number of rotatable bonds is 4. The van der Waals surface area contributed by atoms with Crippen molar-refractivity contribution in [2.24, 2.45) is 0 Å². The fourth-order valence-electron chi connectivity index (χ4n) is 1.48. The van der Waals surface area contributed by atoms with E-state index < -0.39 is 0 Å². The number of nitriles is 1. The van der Waals surface area contributed by atoms with Crippen LogP contribution in [0, 0.1) is 18.3 Å². The van der Waals surface area contributed by atoms with Crippen molar-refractivity contribution in [2.75, 3.05) is 0 Å². The van der Waals surface area contributed by atoms with Crippen LogP contribution in [-0.2, 0) is 0 Å². The van der Waals surface area contributed by atoms with Gasteiger partial charge in [-0.05, 0) is 47.0 Å². The minimum Gasteiger partial charge on any atom is -0.348 e. The Kier molecular flexibility index (Phi) is 5.17. The summed E-state index contributed by atoms with van der Waals surface area (Å²) in [4.78, 5) is 12.0. The number of aryl methyl sites for hydroxylation is 1. The molecule has 3 nitrogen and oxygen atoms in total. The minimum absolute atomic E-state index is 0.0827. The molecule has 0 saturated heterocycles. The van der Waals surface area contributed by atoms with Gasteiger partial charge in [0.25, 0.3) is 5.91 Å². The lowest BCUT2D eigenvalue weighted by molar-refractivity contribution is 0.0936. The van der Waals surface area contributed by atoms with E-state index in [-0.39, 0.29) is 11.9 Å². The Bertz CT molecular complexity index is 451. The third-order valence-electron chi connectivity index (χ3n) is 2.53. The summed E-state index contributed by atoms with van der Waals surface area (Å²) in [6.07, 6.45) is 1.09. The second kappa shape index (κ2) is 6.41. The van der Waals surface area contributed by atoms with Gasteiger partial charge < -0.3 is 5.32 Å². The number of carbonyl (C=O) groups excluding carboxylic acids is 1. The van der Waals surface area contributed by atoms with Crippen LogP contribution in [-0.4, -0.2) is 11.9 Å². The molecule has 1 atom stereocenters. The van der Waals surface area contributed by atoms with Crippen LogP contribution < -0.4 is 5.32 Å². The Morgan fingerprint density at radius 3 is 2.82 bits per heavy atom. The summed E-state index contributed by atoms with van der Waals surface area (Å²) < 4.78 is 0.779. The van der Waals surface area contributed by atoms with Crippen LogP contribution in [0.3, 0.4) is 0 Å². The highest BCUT2D eigenvalue weighted by Gasteiger charge is 2.14. The van der Waals surface area contributed by atoms with Crippen molar-refractivity contribution in [3.63, 3.8) is 0 Å². The van der Waals surface area contributed by atoms with Gasteiger partial charge in [-0.25, -0.2) is 0 Å². The molecule has 1 aromatic carbocycles. The summed E-state index contributed by atoms with van der Waals surface area (Å²) in [6, 6.07) is 7.57. The van der Waals surface area contributed by atoms with Crippen LogP contribution in [0.15, 0.2) is 22.7 Å². The molecule has 0 heterocycles. The molecule has 17 heavy (non-hydrogen) atoms. The lowest BCUT2D eigenvalue weighted by atomic mass is 10.1. The molecular weight excluding hydrogens is 280 g/mol. The lowest BCUT2D eigenvalue weighted by Gasteiger charge is -2.14. The van der Waals surface area contributed by atoms with E-state index in [1.54, 1.807) is 6.07 Å². The first-order valence-corrected chi connectivity index (χ1v) is 6.31. The highest BCUT2D eigenvalue weighted by molar-refractivity contribution is 9.10. The van der Waals surface area contributed by atoms with Crippen molar-refractivity contribution in [3.05, 3.63) is 33.8 Å². The van der Waals surface area contributed by atoms with Crippen molar-refractivity contribution in [1.29, 1.82) is 5.26 Å². The second-order valence-corrected chi connectivity index (χ2v) is 4.78. The van der Waals surface area contributed by atoms with Crippen molar-refractivity contribution in [3.8, 4) is 6.07 Å². The van der Waals surface area contributed by atoms with Crippen molar-refractivity contribution in [1.82, 2.24) is 5.32 Å². The van der Waals surface area contributed by atoms with Crippen LogP contribution >= 0.6 is 15.9 Å². The van der Waals surface area contributed by atoms with Gasteiger partial charge in [0.2, 0.25) is 0 Å². The first kappa shape index (κ1) is 13.7. The van der Waals surface area contributed by atoms with Gasteiger partial charge in [0.05, 0.1) is 18.1 Å².